The van der Waals surface area contributed by atoms with Crippen LogP contribution in [0.15, 0.2) is 0 Å². The molecule has 0 aliphatic carbocycles. The van der Waals surface area contributed by atoms with Crippen LogP contribution in [0.1, 0.15) is 19.3 Å². The van der Waals surface area contributed by atoms with E-state index in [2.05, 4.69) is 4.90 Å². The second-order valence-electron chi connectivity index (χ2n) is 4.85. The minimum Gasteiger partial charge on any atom is -0.469 e. The fourth-order valence-electron chi connectivity index (χ4n) is 2.67. The highest BCUT2D eigenvalue weighted by Crippen LogP contribution is 2.21. The molecule has 0 aromatic rings. The number of carbonyl (C=O) groups is 1. The summed E-state index contributed by atoms with van der Waals surface area (Å²) < 4.78 is 10.2. The Kier molecular flexibility index (Phi) is 4.18. The first kappa shape index (κ1) is 11.9. The van der Waals surface area contributed by atoms with Gasteiger partial charge in [-0.2, -0.15) is 0 Å². The van der Waals surface area contributed by atoms with E-state index in [1.54, 1.807) is 0 Å². The lowest BCUT2D eigenvalue weighted by Crippen LogP contribution is -2.41. The van der Waals surface area contributed by atoms with Crippen molar-refractivity contribution in [3.05, 3.63) is 0 Å². The number of ether oxygens (including phenoxy) is 2. The molecule has 2 aliphatic heterocycles. The Hall–Kier alpha value is -0.610. The molecule has 4 heteroatoms. The van der Waals surface area contributed by atoms with E-state index in [0.717, 1.165) is 45.7 Å². The van der Waals surface area contributed by atoms with Crippen molar-refractivity contribution in [3.8, 4) is 0 Å². The first-order valence-corrected chi connectivity index (χ1v) is 6.17. The van der Waals surface area contributed by atoms with E-state index in [4.69, 9.17) is 9.47 Å². The van der Waals surface area contributed by atoms with Crippen LogP contribution < -0.4 is 0 Å². The Balaban J connectivity index is 1.79. The first-order valence-electron chi connectivity index (χ1n) is 6.17. The molecule has 0 N–H and O–H groups in total. The molecule has 0 aromatic heterocycles. The summed E-state index contributed by atoms with van der Waals surface area (Å²) in [5.41, 5.74) is 0. The van der Waals surface area contributed by atoms with Gasteiger partial charge in [0.1, 0.15) is 0 Å². The van der Waals surface area contributed by atoms with Crippen molar-refractivity contribution in [1.82, 2.24) is 4.90 Å². The molecule has 2 heterocycles. The fourth-order valence-corrected chi connectivity index (χ4v) is 2.67. The molecule has 92 valence electrons. The van der Waals surface area contributed by atoms with Crippen LogP contribution >= 0.6 is 0 Å². The number of rotatable bonds is 3. The minimum absolute atomic E-state index is 0.0487. The van der Waals surface area contributed by atoms with E-state index in [1.165, 1.54) is 13.5 Å². The Morgan fingerprint density at radius 2 is 2.38 bits per heavy atom. The zero-order valence-electron chi connectivity index (χ0n) is 9.98. The van der Waals surface area contributed by atoms with Crippen LogP contribution in [-0.4, -0.2) is 50.8 Å². The largest absolute Gasteiger partial charge is 0.469 e. The lowest BCUT2D eigenvalue weighted by Gasteiger charge is -2.32. The summed E-state index contributed by atoms with van der Waals surface area (Å²) in [5.74, 6) is 0.699. The van der Waals surface area contributed by atoms with Gasteiger partial charge in [-0.1, -0.05) is 0 Å². The Bertz CT molecular complexity index is 238. The van der Waals surface area contributed by atoms with Crippen LogP contribution in [0.25, 0.3) is 0 Å². The molecule has 16 heavy (non-hydrogen) atoms. The molecule has 0 radical (unpaired) electrons. The van der Waals surface area contributed by atoms with Crippen LogP contribution in [0, 0.1) is 11.8 Å². The third-order valence-corrected chi connectivity index (χ3v) is 3.58. The molecular formula is C12H21NO3. The van der Waals surface area contributed by atoms with Gasteiger partial charge in [0.05, 0.1) is 19.6 Å². The molecule has 2 fully saturated rings. The predicted molar refractivity (Wildman–Crippen MR) is 60.1 cm³/mol. The van der Waals surface area contributed by atoms with E-state index in [-0.39, 0.29) is 11.9 Å². The molecule has 4 nitrogen and oxygen atoms in total. The summed E-state index contributed by atoms with van der Waals surface area (Å²) in [5, 5.41) is 0. The number of piperidine rings is 1. The van der Waals surface area contributed by atoms with Gasteiger partial charge in [-0.3, -0.25) is 4.79 Å². The third kappa shape index (κ3) is 2.95. The van der Waals surface area contributed by atoms with Crippen LogP contribution in [0.5, 0.6) is 0 Å². The topological polar surface area (TPSA) is 38.8 Å². The second-order valence-corrected chi connectivity index (χ2v) is 4.85. The average molecular weight is 227 g/mol. The number of esters is 1. The summed E-state index contributed by atoms with van der Waals surface area (Å²) in [6.45, 7) is 4.85. The highest BCUT2D eigenvalue weighted by atomic mass is 16.5. The van der Waals surface area contributed by atoms with Gasteiger partial charge in [0, 0.05) is 19.7 Å². The lowest BCUT2D eigenvalue weighted by atomic mass is 9.97. The van der Waals surface area contributed by atoms with E-state index < -0.39 is 0 Å². The molecule has 2 saturated heterocycles. The van der Waals surface area contributed by atoms with E-state index in [0.29, 0.717) is 5.92 Å². The van der Waals surface area contributed by atoms with Crippen LogP contribution in [0.3, 0.4) is 0 Å². The van der Waals surface area contributed by atoms with Crippen molar-refractivity contribution in [2.75, 3.05) is 40.0 Å². The van der Waals surface area contributed by atoms with Crippen LogP contribution in [-0.2, 0) is 14.3 Å². The number of nitrogens with zero attached hydrogens (tertiary/aromatic N) is 1. The van der Waals surface area contributed by atoms with Crippen molar-refractivity contribution >= 4 is 5.97 Å². The Labute approximate surface area is 96.9 Å². The summed E-state index contributed by atoms with van der Waals surface area (Å²) in [4.78, 5) is 13.9. The zero-order chi connectivity index (χ0) is 11.4. The lowest BCUT2D eigenvalue weighted by molar-refractivity contribution is -0.147. The van der Waals surface area contributed by atoms with E-state index >= 15 is 0 Å². The number of hydrogen-bond donors (Lipinski definition) is 0. The van der Waals surface area contributed by atoms with Crippen molar-refractivity contribution in [2.24, 2.45) is 11.8 Å². The zero-order valence-corrected chi connectivity index (χ0v) is 9.98. The second kappa shape index (κ2) is 5.64. The normalized spacial score (nSPS) is 31.6. The predicted octanol–water partition coefficient (Wildman–Crippen LogP) is 0.908. The molecule has 0 bridgehead atoms. The smallest absolute Gasteiger partial charge is 0.309 e. The van der Waals surface area contributed by atoms with Crippen molar-refractivity contribution in [1.29, 1.82) is 0 Å². The van der Waals surface area contributed by atoms with Crippen molar-refractivity contribution in [3.63, 3.8) is 0 Å². The summed E-state index contributed by atoms with van der Waals surface area (Å²) in [6, 6.07) is 0. The van der Waals surface area contributed by atoms with Gasteiger partial charge in [0.25, 0.3) is 0 Å². The maximum atomic E-state index is 11.5. The molecule has 0 spiro atoms. The monoisotopic (exact) mass is 227 g/mol. The molecule has 2 rings (SSSR count). The molecular weight excluding hydrogens is 206 g/mol. The molecule has 0 amide bonds. The fraction of sp³-hybridized carbons (Fsp3) is 0.917. The molecule has 1 unspecified atom stereocenters. The highest BCUT2D eigenvalue weighted by molar-refractivity contribution is 5.72. The SMILES string of the molecule is COC(=O)[C@H]1CCCN(CC2CCOC2)C1. The van der Waals surface area contributed by atoms with Crippen molar-refractivity contribution in [2.45, 2.75) is 19.3 Å². The molecule has 2 atom stereocenters. The summed E-state index contributed by atoms with van der Waals surface area (Å²) >= 11 is 0. The van der Waals surface area contributed by atoms with Gasteiger partial charge in [-0.25, -0.2) is 0 Å². The third-order valence-electron chi connectivity index (χ3n) is 3.58. The average Bonchev–Trinajstić information content (AvgIpc) is 2.81. The Morgan fingerprint density at radius 3 is 3.06 bits per heavy atom. The van der Waals surface area contributed by atoms with E-state index in [1.807, 2.05) is 0 Å². The Morgan fingerprint density at radius 1 is 1.50 bits per heavy atom. The van der Waals surface area contributed by atoms with Gasteiger partial charge in [0.2, 0.25) is 0 Å². The number of methoxy groups -OCH3 is 1. The van der Waals surface area contributed by atoms with Gasteiger partial charge >= 0.3 is 5.97 Å². The first-order chi connectivity index (χ1) is 7.79. The van der Waals surface area contributed by atoms with Crippen molar-refractivity contribution < 1.29 is 14.3 Å². The highest BCUT2D eigenvalue weighted by Gasteiger charge is 2.28. The number of carbonyl (C=O) groups excluding carboxylic acids is 1. The van der Waals surface area contributed by atoms with E-state index in [9.17, 15) is 4.79 Å². The minimum atomic E-state index is -0.0487. The maximum absolute atomic E-state index is 11.5. The summed E-state index contributed by atoms with van der Waals surface area (Å²) in [7, 11) is 1.48. The number of likely N-dealkylation sites (tertiary alicyclic amines) is 1. The van der Waals surface area contributed by atoms with Gasteiger partial charge in [-0.15, -0.1) is 0 Å². The quantitative estimate of drug-likeness (QED) is 0.672. The molecule has 0 aromatic carbocycles. The standard InChI is InChI=1S/C12H21NO3/c1-15-12(14)11-3-2-5-13(8-11)7-10-4-6-16-9-10/h10-11H,2-9H2,1H3/t10?,11-/m0/s1. The molecule has 2 aliphatic rings. The van der Waals surface area contributed by atoms with Gasteiger partial charge in [0.15, 0.2) is 0 Å². The van der Waals surface area contributed by atoms with Gasteiger partial charge < -0.3 is 14.4 Å². The maximum Gasteiger partial charge on any atom is 0.309 e. The van der Waals surface area contributed by atoms with Crippen LogP contribution in [0.2, 0.25) is 0 Å². The van der Waals surface area contributed by atoms with Crippen LogP contribution in [0.4, 0.5) is 0 Å². The van der Waals surface area contributed by atoms with Gasteiger partial charge in [-0.05, 0) is 31.7 Å². The number of hydrogen-bond acceptors (Lipinski definition) is 4. The summed E-state index contributed by atoms with van der Waals surface area (Å²) in [6.07, 6.45) is 3.25. The molecule has 0 saturated carbocycles.